The molecular weight excluding hydrogens is 219 g/mol. The van der Waals surface area contributed by atoms with E-state index >= 15 is 0 Å². The zero-order valence-electron chi connectivity index (χ0n) is 10.6. The second-order valence-corrected chi connectivity index (χ2v) is 3.77. The number of allylic oxidation sites excluding steroid dienone is 4. The molecule has 17 heavy (non-hydrogen) atoms. The molecule has 3 nitrogen and oxygen atoms in total. The van der Waals surface area contributed by atoms with Crippen LogP contribution in [0.4, 0.5) is 4.39 Å². The number of hydrogen-bond donors (Lipinski definition) is 2. The minimum atomic E-state index is -0.138. The number of halogens is 1. The van der Waals surface area contributed by atoms with Crippen LogP contribution in [0.3, 0.4) is 0 Å². The monoisotopic (exact) mass is 240 g/mol. The maximum absolute atomic E-state index is 13.6. The van der Waals surface area contributed by atoms with Crippen molar-refractivity contribution < 1.29 is 9.13 Å². The Kier molecular flexibility index (Phi) is 6.40. The molecule has 0 amide bonds. The lowest BCUT2D eigenvalue weighted by molar-refractivity contribution is 0.151. The third-order valence-corrected chi connectivity index (χ3v) is 2.46. The van der Waals surface area contributed by atoms with E-state index in [4.69, 9.17) is 4.74 Å². The van der Waals surface area contributed by atoms with Gasteiger partial charge in [-0.2, -0.15) is 0 Å². The number of likely N-dealkylation sites (N-methyl/N-ethyl adjacent to an activating group) is 1. The van der Waals surface area contributed by atoms with Gasteiger partial charge >= 0.3 is 0 Å². The number of ether oxygens (including phenoxy) is 1. The fourth-order valence-corrected chi connectivity index (χ4v) is 1.60. The van der Waals surface area contributed by atoms with Crippen LogP contribution in [0.5, 0.6) is 0 Å². The summed E-state index contributed by atoms with van der Waals surface area (Å²) in [5.74, 6) is -0.138. The van der Waals surface area contributed by atoms with Crippen molar-refractivity contribution in [1.29, 1.82) is 0 Å². The summed E-state index contributed by atoms with van der Waals surface area (Å²) in [6.45, 7) is 4.04. The molecule has 0 radical (unpaired) electrons. The van der Waals surface area contributed by atoms with Gasteiger partial charge < -0.3 is 15.4 Å². The molecular formula is C13H21FN2O. The lowest BCUT2D eigenvalue weighted by atomic mass is 10.1. The van der Waals surface area contributed by atoms with Crippen LogP contribution in [-0.2, 0) is 4.74 Å². The summed E-state index contributed by atoms with van der Waals surface area (Å²) in [6.07, 6.45) is 6.64. The van der Waals surface area contributed by atoms with Gasteiger partial charge in [0.15, 0.2) is 0 Å². The second kappa shape index (κ2) is 7.90. The van der Waals surface area contributed by atoms with Crippen LogP contribution in [-0.4, -0.2) is 26.8 Å². The molecule has 0 aromatic rings. The predicted octanol–water partition coefficient (Wildman–Crippen LogP) is 2.25. The number of rotatable bonds is 6. The van der Waals surface area contributed by atoms with E-state index in [0.717, 1.165) is 24.4 Å². The molecule has 2 N–H and O–H groups in total. The minimum absolute atomic E-state index is 0.138. The van der Waals surface area contributed by atoms with Crippen molar-refractivity contribution >= 4 is 0 Å². The quantitative estimate of drug-likeness (QED) is 0.699. The van der Waals surface area contributed by atoms with E-state index in [1.807, 2.05) is 19.1 Å². The van der Waals surface area contributed by atoms with E-state index in [-0.39, 0.29) is 5.83 Å². The molecule has 1 rings (SSSR count). The van der Waals surface area contributed by atoms with Crippen molar-refractivity contribution in [2.75, 3.05) is 26.8 Å². The molecule has 96 valence electrons. The highest BCUT2D eigenvalue weighted by Gasteiger charge is 2.05. The molecule has 1 aliphatic rings. The maximum Gasteiger partial charge on any atom is 0.108 e. The molecule has 0 unspecified atom stereocenters. The van der Waals surface area contributed by atoms with Crippen molar-refractivity contribution in [2.45, 2.75) is 19.8 Å². The molecule has 1 aliphatic carbocycles. The van der Waals surface area contributed by atoms with E-state index in [9.17, 15) is 4.39 Å². The van der Waals surface area contributed by atoms with Crippen LogP contribution in [0.2, 0.25) is 0 Å². The van der Waals surface area contributed by atoms with Crippen molar-refractivity contribution in [3.63, 3.8) is 0 Å². The van der Waals surface area contributed by atoms with Gasteiger partial charge in [-0.25, -0.2) is 4.39 Å². The Hall–Kier alpha value is -1.29. The molecule has 0 bridgehead atoms. The highest BCUT2D eigenvalue weighted by atomic mass is 19.1. The van der Waals surface area contributed by atoms with Gasteiger partial charge in [0.05, 0.1) is 6.61 Å². The third kappa shape index (κ3) is 5.54. The average molecular weight is 240 g/mol. The lowest BCUT2D eigenvalue weighted by Crippen LogP contribution is -2.20. The van der Waals surface area contributed by atoms with Gasteiger partial charge in [0.2, 0.25) is 0 Å². The average Bonchev–Trinajstić information content (AvgIpc) is 2.30. The van der Waals surface area contributed by atoms with Gasteiger partial charge in [-0.1, -0.05) is 12.2 Å². The summed E-state index contributed by atoms with van der Waals surface area (Å²) in [7, 11) is 1.79. The summed E-state index contributed by atoms with van der Waals surface area (Å²) >= 11 is 0. The first-order valence-electron chi connectivity index (χ1n) is 6.01. The number of nitrogens with one attached hydrogen (secondary N) is 2. The zero-order chi connectivity index (χ0) is 12.5. The Morgan fingerprint density at radius 3 is 2.94 bits per heavy atom. The van der Waals surface area contributed by atoms with Crippen LogP contribution < -0.4 is 10.6 Å². The van der Waals surface area contributed by atoms with Gasteiger partial charge in [0.1, 0.15) is 5.83 Å². The minimum Gasteiger partial charge on any atom is -0.388 e. The standard InChI is InChI=1S/C13H21FN2O/c1-3-17-8-7-16-13-6-4-5-12(15-2)9-11(14)10-13/h5-6,9,15-16H,3-4,7-8,10H2,1-2H3/b11-9+,12-5?,13-6+. The Morgan fingerprint density at radius 1 is 1.41 bits per heavy atom. The van der Waals surface area contributed by atoms with Crippen molar-refractivity contribution in [1.82, 2.24) is 10.6 Å². The van der Waals surface area contributed by atoms with E-state index < -0.39 is 0 Å². The number of hydrogen-bond acceptors (Lipinski definition) is 3. The Bertz CT molecular complexity index is 321. The van der Waals surface area contributed by atoms with Crippen LogP contribution in [0, 0.1) is 0 Å². The highest BCUT2D eigenvalue weighted by molar-refractivity contribution is 5.25. The maximum atomic E-state index is 13.6. The van der Waals surface area contributed by atoms with Gasteiger partial charge in [-0.3, -0.25) is 0 Å². The summed E-state index contributed by atoms with van der Waals surface area (Å²) in [5.41, 5.74) is 1.75. The molecule has 4 heteroatoms. The highest BCUT2D eigenvalue weighted by Crippen LogP contribution is 2.16. The first-order valence-corrected chi connectivity index (χ1v) is 6.01. The summed E-state index contributed by atoms with van der Waals surface area (Å²) < 4.78 is 18.8. The first-order chi connectivity index (χ1) is 8.26. The van der Waals surface area contributed by atoms with Gasteiger partial charge in [-0.15, -0.1) is 0 Å². The Labute approximate surface area is 102 Å². The smallest absolute Gasteiger partial charge is 0.108 e. The zero-order valence-corrected chi connectivity index (χ0v) is 10.6. The fourth-order valence-electron chi connectivity index (χ4n) is 1.60. The third-order valence-electron chi connectivity index (χ3n) is 2.46. The molecule has 0 saturated heterocycles. The van der Waals surface area contributed by atoms with E-state index in [0.29, 0.717) is 19.6 Å². The molecule has 0 spiro atoms. The summed E-state index contributed by atoms with van der Waals surface area (Å²) in [5, 5.41) is 6.14. The predicted molar refractivity (Wildman–Crippen MR) is 68.1 cm³/mol. The van der Waals surface area contributed by atoms with Crippen molar-refractivity contribution in [3.8, 4) is 0 Å². The molecule has 0 aromatic heterocycles. The van der Waals surface area contributed by atoms with Crippen LogP contribution in [0.1, 0.15) is 19.8 Å². The normalized spacial score (nSPS) is 22.4. The van der Waals surface area contributed by atoms with E-state index in [2.05, 4.69) is 10.6 Å². The molecule has 0 aromatic carbocycles. The van der Waals surface area contributed by atoms with E-state index in [1.54, 1.807) is 7.05 Å². The molecule has 0 heterocycles. The van der Waals surface area contributed by atoms with Crippen LogP contribution in [0.15, 0.2) is 35.4 Å². The molecule has 0 saturated carbocycles. The Morgan fingerprint density at radius 2 is 2.24 bits per heavy atom. The van der Waals surface area contributed by atoms with Gasteiger partial charge in [0.25, 0.3) is 0 Å². The summed E-state index contributed by atoms with van der Waals surface area (Å²) in [4.78, 5) is 0. The van der Waals surface area contributed by atoms with E-state index in [1.165, 1.54) is 6.08 Å². The molecule has 0 aliphatic heterocycles. The topological polar surface area (TPSA) is 33.3 Å². The van der Waals surface area contributed by atoms with Crippen molar-refractivity contribution in [2.24, 2.45) is 0 Å². The first kappa shape index (κ1) is 13.8. The van der Waals surface area contributed by atoms with Gasteiger partial charge in [-0.05, 0) is 19.4 Å². The lowest BCUT2D eigenvalue weighted by Gasteiger charge is -2.12. The largest absolute Gasteiger partial charge is 0.388 e. The fraction of sp³-hybridized carbons (Fsp3) is 0.538. The van der Waals surface area contributed by atoms with Crippen molar-refractivity contribution in [3.05, 3.63) is 35.4 Å². The summed E-state index contributed by atoms with van der Waals surface area (Å²) in [6, 6.07) is 0. The molecule has 0 atom stereocenters. The Balaban J connectivity index is 2.47. The van der Waals surface area contributed by atoms with Crippen LogP contribution in [0.25, 0.3) is 0 Å². The molecule has 0 fully saturated rings. The SMILES string of the molecule is CCOCCN/C1=C/CC=C(NC)/C=C(/F)C1. The van der Waals surface area contributed by atoms with Crippen LogP contribution >= 0.6 is 0 Å². The second-order valence-electron chi connectivity index (χ2n) is 3.77. The van der Waals surface area contributed by atoms with Gasteiger partial charge in [0, 0.05) is 38.0 Å².